The van der Waals surface area contributed by atoms with Crippen molar-refractivity contribution in [1.82, 2.24) is 9.13 Å². The normalized spacial score (nSPS) is 13.2. The third-order valence-corrected chi connectivity index (χ3v) is 4.67. The van der Waals surface area contributed by atoms with E-state index in [1.165, 1.54) is 11.6 Å². The van der Waals surface area contributed by atoms with E-state index in [4.69, 9.17) is 16.3 Å². The first-order valence-corrected chi connectivity index (χ1v) is 7.89. The highest BCUT2D eigenvalue weighted by molar-refractivity contribution is 6.30. The van der Waals surface area contributed by atoms with Gasteiger partial charge in [-0.15, -0.1) is 0 Å². The van der Waals surface area contributed by atoms with Crippen molar-refractivity contribution in [3.05, 3.63) is 61.4 Å². The number of fused-ring (bicyclic) bond motifs is 2. The Morgan fingerprint density at radius 2 is 1.72 bits per heavy atom. The molecule has 0 amide bonds. The van der Waals surface area contributed by atoms with Gasteiger partial charge < -0.3 is 4.74 Å². The van der Waals surface area contributed by atoms with Gasteiger partial charge in [-0.1, -0.05) is 23.7 Å². The number of nitrogens with zero attached hydrogens (tertiary/aromatic N) is 2. The quantitative estimate of drug-likeness (QED) is 0.608. The van der Waals surface area contributed by atoms with Crippen LogP contribution in [0.4, 0.5) is 0 Å². The average Bonchev–Trinajstić information content (AvgIpc) is 2.98. The molecule has 4 rings (SSSR count). The summed E-state index contributed by atoms with van der Waals surface area (Å²) < 4.78 is 7.49. The maximum Gasteiger partial charge on any atom is 0.417 e. The van der Waals surface area contributed by atoms with Crippen LogP contribution in [0.25, 0.3) is 22.2 Å². The zero-order valence-corrected chi connectivity index (χ0v) is 14.2. The number of carbonyl (C=O) groups excluding carboxylic acids is 1. The third-order valence-electron chi connectivity index (χ3n) is 4.42. The fourth-order valence-corrected chi connectivity index (χ4v) is 3.27. The highest BCUT2D eigenvalue weighted by atomic mass is 35.5. The smallest absolute Gasteiger partial charge is 0.417 e. The largest absolute Gasteiger partial charge is 0.453 e. The van der Waals surface area contributed by atoms with Crippen LogP contribution in [-0.4, -0.2) is 15.1 Å². The summed E-state index contributed by atoms with van der Waals surface area (Å²) in [6.07, 6.45) is 0. The summed E-state index contributed by atoms with van der Waals surface area (Å²) >= 11 is 5.96. The van der Waals surface area contributed by atoms with Crippen LogP contribution < -0.4 is 16.2 Å². The summed E-state index contributed by atoms with van der Waals surface area (Å²) in [4.78, 5) is 40.4. The molecule has 0 fully saturated rings. The molecule has 0 bridgehead atoms. The minimum absolute atomic E-state index is 0.0636. The molecule has 3 aromatic rings. The molecule has 0 unspecified atom stereocenters. The minimum Gasteiger partial charge on any atom is -0.453 e. The van der Waals surface area contributed by atoms with Crippen molar-refractivity contribution in [3.63, 3.8) is 0 Å². The number of cyclic esters (lactones) is 1. The molecule has 1 aromatic carbocycles. The molecule has 126 valence electrons. The van der Waals surface area contributed by atoms with Gasteiger partial charge in [0.25, 0.3) is 11.2 Å². The van der Waals surface area contributed by atoms with E-state index in [0.29, 0.717) is 33.1 Å². The number of benzene rings is 1. The predicted octanol–water partition coefficient (Wildman–Crippen LogP) is 1.04. The minimum atomic E-state index is -0.506. The standard InChI is InChI=1S/C17H12ClN3O4/c1-20-14-13(15(22)21(2)17(20)24)11(8-3-5-9(18)6-4-8)12-10(19-14)7-25-16(12)23/h3-6H,7H2,1-2H3/p+1. The Bertz CT molecular complexity index is 1180. The lowest BCUT2D eigenvalue weighted by atomic mass is 9.96. The SMILES string of the molecule is Cn1c(=O)c2c(-c3ccc(Cl)cc3)c3c([nH+]c2n(C)c1=O)COC3=O. The van der Waals surface area contributed by atoms with E-state index in [1.807, 2.05) is 0 Å². The van der Waals surface area contributed by atoms with E-state index in [2.05, 4.69) is 4.98 Å². The van der Waals surface area contributed by atoms with E-state index in [0.717, 1.165) is 4.57 Å². The van der Waals surface area contributed by atoms with Crippen molar-refractivity contribution in [1.29, 1.82) is 0 Å². The molecule has 1 aliphatic heterocycles. The van der Waals surface area contributed by atoms with Crippen molar-refractivity contribution in [2.45, 2.75) is 6.61 Å². The second-order valence-corrected chi connectivity index (χ2v) is 6.30. The van der Waals surface area contributed by atoms with Crippen LogP contribution >= 0.6 is 11.6 Å². The van der Waals surface area contributed by atoms with Gasteiger partial charge in [-0.05, 0) is 17.7 Å². The fourth-order valence-electron chi connectivity index (χ4n) is 3.15. The molecular weight excluding hydrogens is 346 g/mol. The number of ether oxygens (including phenoxy) is 1. The van der Waals surface area contributed by atoms with Crippen molar-refractivity contribution in [3.8, 4) is 11.1 Å². The number of esters is 1. The van der Waals surface area contributed by atoms with Crippen molar-refractivity contribution < 1.29 is 14.5 Å². The highest BCUT2D eigenvalue weighted by Crippen LogP contribution is 2.33. The number of hydrogen-bond acceptors (Lipinski definition) is 4. The molecule has 7 nitrogen and oxygen atoms in total. The van der Waals surface area contributed by atoms with Crippen molar-refractivity contribution in [2.75, 3.05) is 0 Å². The Kier molecular flexibility index (Phi) is 3.30. The van der Waals surface area contributed by atoms with E-state index in [9.17, 15) is 14.4 Å². The molecule has 3 heterocycles. The second-order valence-electron chi connectivity index (χ2n) is 5.87. The van der Waals surface area contributed by atoms with Gasteiger partial charge in [0, 0.05) is 17.6 Å². The van der Waals surface area contributed by atoms with Crippen LogP contribution in [0.1, 0.15) is 16.1 Å². The Hall–Kier alpha value is -2.93. The number of hydrogen-bond donors (Lipinski definition) is 0. The number of aromatic nitrogens is 3. The number of H-pyrrole nitrogens is 1. The van der Waals surface area contributed by atoms with E-state index in [1.54, 1.807) is 31.3 Å². The maximum atomic E-state index is 12.8. The van der Waals surface area contributed by atoms with Crippen LogP contribution in [0, 0.1) is 0 Å². The monoisotopic (exact) mass is 358 g/mol. The summed E-state index contributed by atoms with van der Waals surface area (Å²) in [5, 5.41) is 0.791. The average molecular weight is 359 g/mol. The van der Waals surface area contributed by atoms with Gasteiger partial charge in [-0.25, -0.2) is 19.1 Å². The summed E-state index contributed by atoms with van der Waals surface area (Å²) in [6, 6.07) is 6.82. The number of pyridine rings is 1. The number of rotatable bonds is 1. The fraction of sp³-hybridized carbons (Fsp3) is 0.176. The first-order valence-electron chi connectivity index (χ1n) is 7.51. The molecule has 0 radical (unpaired) electrons. The molecule has 2 aromatic heterocycles. The molecule has 0 saturated heterocycles. The molecule has 25 heavy (non-hydrogen) atoms. The van der Waals surface area contributed by atoms with Crippen molar-refractivity contribution >= 4 is 28.6 Å². The first-order chi connectivity index (χ1) is 11.9. The van der Waals surface area contributed by atoms with Crippen LogP contribution in [-0.2, 0) is 25.4 Å². The van der Waals surface area contributed by atoms with Crippen LogP contribution in [0.5, 0.6) is 0 Å². The lowest BCUT2D eigenvalue weighted by Gasteiger charge is -2.09. The Morgan fingerprint density at radius 3 is 2.40 bits per heavy atom. The Morgan fingerprint density at radius 1 is 1.04 bits per heavy atom. The van der Waals surface area contributed by atoms with E-state index in [-0.39, 0.29) is 12.0 Å². The number of halogens is 1. The topological polar surface area (TPSA) is 84.4 Å². The number of nitrogens with one attached hydrogen (secondary N) is 1. The lowest BCUT2D eigenvalue weighted by molar-refractivity contribution is -0.365. The molecule has 0 atom stereocenters. The van der Waals surface area contributed by atoms with Crippen LogP contribution in [0.3, 0.4) is 0 Å². The summed E-state index contributed by atoms with van der Waals surface area (Å²) in [7, 11) is 2.97. The molecule has 1 aliphatic rings. The summed E-state index contributed by atoms with van der Waals surface area (Å²) in [5.41, 5.74) is 1.34. The second kappa shape index (κ2) is 5.29. The highest BCUT2D eigenvalue weighted by Gasteiger charge is 2.34. The number of carbonyl (C=O) groups is 1. The molecular formula is C17H13ClN3O4+. The number of aryl methyl sites for hydroxylation is 1. The lowest BCUT2D eigenvalue weighted by Crippen LogP contribution is -2.40. The maximum absolute atomic E-state index is 12.8. The molecule has 0 saturated carbocycles. The van der Waals surface area contributed by atoms with E-state index >= 15 is 0 Å². The van der Waals surface area contributed by atoms with Gasteiger partial charge in [0.15, 0.2) is 12.3 Å². The van der Waals surface area contributed by atoms with Crippen LogP contribution in [0.15, 0.2) is 33.9 Å². The molecule has 0 aliphatic carbocycles. The molecule has 0 spiro atoms. The zero-order chi connectivity index (χ0) is 17.9. The van der Waals surface area contributed by atoms with Gasteiger partial charge >= 0.3 is 11.7 Å². The Labute approximate surface area is 146 Å². The van der Waals surface area contributed by atoms with Gasteiger partial charge in [0.05, 0.1) is 7.05 Å². The van der Waals surface area contributed by atoms with Crippen molar-refractivity contribution in [2.24, 2.45) is 14.1 Å². The van der Waals surface area contributed by atoms with Gasteiger partial charge in [0.1, 0.15) is 10.9 Å². The zero-order valence-electron chi connectivity index (χ0n) is 13.4. The predicted molar refractivity (Wildman–Crippen MR) is 90.6 cm³/mol. The van der Waals surface area contributed by atoms with Crippen LogP contribution in [0.2, 0.25) is 5.02 Å². The van der Waals surface area contributed by atoms with Gasteiger partial charge in [-0.3, -0.25) is 4.79 Å². The first kappa shape index (κ1) is 15.6. The Balaban J connectivity index is 2.28. The molecule has 8 heteroatoms. The van der Waals surface area contributed by atoms with Gasteiger partial charge in [0.2, 0.25) is 0 Å². The van der Waals surface area contributed by atoms with E-state index < -0.39 is 17.2 Å². The summed E-state index contributed by atoms with van der Waals surface area (Å²) in [6.45, 7) is 0.0636. The number of aromatic amines is 1. The summed E-state index contributed by atoms with van der Waals surface area (Å²) in [5.74, 6) is -0.506. The molecule has 1 N–H and O–H groups in total. The van der Waals surface area contributed by atoms with Gasteiger partial charge in [-0.2, -0.15) is 4.57 Å². The third kappa shape index (κ3) is 2.12.